The summed E-state index contributed by atoms with van der Waals surface area (Å²) in [7, 11) is 2.10. The Morgan fingerprint density at radius 3 is 2.46 bits per heavy atom. The molecule has 2 fully saturated rings. The van der Waals surface area contributed by atoms with Crippen molar-refractivity contribution in [3.63, 3.8) is 0 Å². The van der Waals surface area contributed by atoms with Gasteiger partial charge in [-0.05, 0) is 24.7 Å². The van der Waals surface area contributed by atoms with Gasteiger partial charge in [-0.1, -0.05) is 12.1 Å². The zero-order valence-corrected chi connectivity index (χ0v) is 14.3. The summed E-state index contributed by atoms with van der Waals surface area (Å²) >= 11 is 0. The smallest absolute Gasteiger partial charge is 0.271 e. The van der Waals surface area contributed by atoms with Gasteiger partial charge in [0.2, 0.25) is 0 Å². The summed E-state index contributed by atoms with van der Waals surface area (Å²) < 4.78 is 5.36. The predicted octanol–water partition coefficient (Wildman–Crippen LogP) is 1.33. The first kappa shape index (κ1) is 17.1. The first-order valence-electron chi connectivity index (χ1n) is 8.64. The van der Waals surface area contributed by atoms with E-state index in [2.05, 4.69) is 27.4 Å². The predicted molar refractivity (Wildman–Crippen MR) is 94.2 cm³/mol. The minimum absolute atomic E-state index is 0.139. The molecular formula is C18H26N4O2. The van der Waals surface area contributed by atoms with E-state index in [1.807, 2.05) is 24.3 Å². The second kappa shape index (κ2) is 8.37. The van der Waals surface area contributed by atoms with Gasteiger partial charge in [-0.2, -0.15) is 5.10 Å². The topological polar surface area (TPSA) is 57.2 Å². The van der Waals surface area contributed by atoms with E-state index in [4.69, 9.17) is 4.74 Å². The quantitative estimate of drug-likeness (QED) is 0.846. The highest BCUT2D eigenvalue weighted by Crippen LogP contribution is 2.10. The molecule has 0 bridgehead atoms. The third-order valence-corrected chi connectivity index (χ3v) is 4.61. The maximum atomic E-state index is 12.2. The molecule has 6 nitrogen and oxygen atoms in total. The average Bonchev–Trinajstić information content (AvgIpc) is 2.62. The van der Waals surface area contributed by atoms with Crippen molar-refractivity contribution in [3.05, 3.63) is 35.4 Å². The molecule has 6 heteroatoms. The summed E-state index contributed by atoms with van der Waals surface area (Å²) in [6.07, 6.45) is 1.85. The highest BCUT2D eigenvalue weighted by molar-refractivity contribution is 5.95. The van der Waals surface area contributed by atoms with Crippen LogP contribution in [0.2, 0.25) is 0 Å². The SMILES string of the molecule is CN1CCC(=NNC(=O)c2ccc(CN3CCOCC3)cc2)CC1. The lowest BCUT2D eigenvalue weighted by atomic mass is 10.1. The largest absolute Gasteiger partial charge is 0.379 e. The van der Waals surface area contributed by atoms with Crippen LogP contribution in [0.5, 0.6) is 0 Å². The molecule has 24 heavy (non-hydrogen) atoms. The van der Waals surface area contributed by atoms with Gasteiger partial charge in [0, 0.05) is 56.8 Å². The number of rotatable bonds is 4. The molecule has 1 aromatic carbocycles. The van der Waals surface area contributed by atoms with Crippen molar-refractivity contribution in [2.45, 2.75) is 19.4 Å². The Kier molecular flexibility index (Phi) is 5.96. The highest BCUT2D eigenvalue weighted by atomic mass is 16.5. The van der Waals surface area contributed by atoms with Gasteiger partial charge >= 0.3 is 0 Å². The van der Waals surface area contributed by atoms with Crippen LogP contribution in [0.3, 0.4) is 0 Å². The fraction of sp³-hybridized carbons (Fsp3) is 0.556. The molecule has 2 saturated heterocycles. The van der Waals surface area contributed by atoms with Crippen LogP contribution in [-0.2, 0) is 11.3 Å². The summed E-state index contributed by atoms with van der Waals surface area (Å²) in [6.45, 7) is 6.45. The first-order valence-corrected chi connectivity index (χ1v) is 8.64. The molecule has 3 rings (SSSR count). The number of likely N-dealkylation sites (tertiary alicyclic amines) is 1. The summed E-state index contributed by atoms with van der Waals surface area (Å²) in [4.78, 5) is 16.8. The van der Waals surface area contributed by atoms with Crippen LogP contribution in [0.15, 0.2) is 29.4 Å². The molecule has 1 N–H and O–H groups in total. The lowest BCUT2D eigenvalue weighted by molar-refractivity contribution is 0.0342. The van der Waals surface area contributed by atoms with E-state index in [9.17, 15) is 4.79 Å². The van der Waals surface area contributed by atoms with Crippen LogP contribution in [0.25, 0.3) is 0 Å². The number of benzene rings is 1. The molecule has 0 atom stereocenters. The van der Waals surface area contributed by atoms with Gasteiger partial charge in [-0.15, -0.1) is 0 Å². The molecule has 1 aromatic rings. The molecule has 0 unspecified atom stereocenters. The van der Waals surface area contributed by atoms with Crippen LogP contribution in [0, 0.1) is 0 Å². The molecule has 1 amide bonds. The Labute approximate surface area is 143 Å². The molecule has 0 radical (unpaired) electrons. The van der Waals surface area contributed by atoms with E-state index in [-0.39, 0.29) is 5.91 Å². The Morgan fingerprint density at radius 1 is 1.12 bits per heavy atom. The van der Waals surface area contributed by atoms with Crippen molar-refractivity contribution in [2.24, 2.45) is 5.10 Å². The van der Waals surface area contributed by atoms with Crippen LogP contribution in [0.1, 0.15) is 28.8 Å². The number of hydrogen-bond donors (Lipinski definition) is 1. The van der Waals surface area contributed by atoms with Gasteiger partial charge in [0.15, 0.2) is 0 Å². The number of ether oxygens (including phenoxy) is 1. The molecule has 0 saturated carbocycles. The molecule has 130 valence electrons. The van der Waals surface area contributed by atoms with E-state index < -0.39 is 0 Å². The van der Waals surface area contributed by atoms with E-state index >= 15 is 0 Å². The summed E-state index contributed by atoms with van der Waals surface area (Å²) in [5, 5.41) is 4.28. The van der Waals surface area contributed by atoms with E-state index in [1.54, 1.807) is 0 Å². The number of nitrogens with one attached hydrogen (secondary N) is 1. The van der Waals surface area contributed by atoms with Crippen molar-refractivity contribution in [3.8, 4) is 0 Å². The first-order chi connectivity index (χ1) is 11.7. The fourth-order valence-electron chi connectivity index (χ4n) is 2.96. The van der Waals surface area contributed by atoms with Crippen molar-refractivity contribution in [1.29, 1.82) is 0 Å². The number of carbonyl (C=O) groups is 1. The van der Waals surface area contributed by atoms with Gasteiger partial charge in [0.05, 0.1) is 13.2 Å². The lowest BCUT2D eigenvalue weighted by Crippen LogP contribution is -2.35. The normalized spacial score (nSPS) is 20.0. The Balaban J connectivity index is 1.51. The molecule has 2 aliphatic rings. The van der Waals surface area contributed by atoms with Gasteiger partial charge < -0.3 is 9.64 Å². The van der Waals surface area contributed by atoms with Crippen molar-refractivity contribution < 1.29 is 9.53 Å². The molecular weight excluding hydrogens is 304 g/mol. The maximum absolute atomic E-state index is 12.2. The van der Waals surface area contributed by atoms with Crippen LogP contribution < -0.4 is 5.43 Å². The van der Waals surface area contributed by atoms with Gasteiger partial charge in [-0.25, -0.2) is 5.43 Å². The third-order valence-electron chi connectivity index (χ3n) is 4.61. The van der Waals surface area contributed by atoms with Gasteiger partial charge in [-0.3, -0.25) is 9.69 Å². The van der Waals surface area contributed by atoms with Crippen molar-refractivity contribution >= 4 is 11.6 Å². The number of morpholine rings is 1. The maximum Gasteiger partial charge on any atom is 0.271 e. The molecule has 2 heterocycles. The zero-order valence-electron chi connectivity index (χ0n) is 14.3. The Morgan fingerprint density at radius 2 is 1.79 bits per heavy atom. The van der Waals surface area contributed by atoms with Crippen LogP contribution in [-0.4, -0.2) is 67.9 Å². The van der Waals surface area contributed by atoms with Crippen LogP contribution >= 0.6 is 0 Å². The summed E-state index contributed by atoms with van der Waals surface area (Å²) in [6, 6.07) is 7.79. The second-order valence-electron chi connectivity index (χ2n) is 6.51. The standard InChI is InChI=1S/C18H26N4O2/c1-21-8-6-17(7-9-21)19-20-18(23)16-4-2-15(3-5-16)14-22-10-12-24-13-11-22/h2-5H,6-14H2,1H3,(H,20,23). The second-order valence-corrected chi connectivity index (χ2v) is 6.51. The minimum atomic E-state index is -0.139. The molecule has 0 spiro atoms. The van der Waals surface area contributed by atoms with Gasteiger partial charge in [0.1, 0.15) is 0 Å². The van der Waals surface area contributed by atoms with E-state index in [1.165, 1.54) is 5.56 Å². The highest BCUT2D eigenvalue weighted by Gasteiger charge is 2.13. The fourth-order valence-corrected chi connectivity index (χ4v) is 2.96. The van der Waals surface area contributed by atoms with Crippen molar-refractivity contribution in [1.82, 2.24) is 15.2 Å². The minimum Gasteiger partial charge on any atom is -0.379 e. The zero-order chi connectivity index (χ0) is 16.8. The Hall–Kier alpha value is -1.76. The molecule has 2 aliphatic heterocycles. The number of carbonyl (C=O) groups excluding carboxylic acids is 1. The summed E-state index contributed by atoms with van der Waals surface area (Å²) in [5.74, 6) is -0.139. The third kappa shape index (κ3) is 4.87. The average molecular weight is 330 g/mol. The number of amides is 1. The summed E-state index contributed by atoms with van der Waals surface area (Å²) in [5.41, 5.74) is 5.63. The lowest BCUT2D eigenvalue weighted by Gasteiger charge is -2.26. The van der Waals surface area contributed by atoms with E-state index in [0.29, 0.717) is 5.56 Å². The number of hydrogen-bond acceptors (Lipinski definition) is 5. The number of piperidine rings is 1. The number of hydrazone groups is 1. The van der Waals surface area contributed by atoms with Crippen LogP contribution in [0.4, 0.5) is 0 Å². The monoisotopic (exact) mass is 330 g/mol. The molecule has 0 aliphatic carbocycles. The number of nitrogens with zero attached hydrogens (tertiary/aromatic N) is 3. The van der Waals surface area contributed by atoms with Crippen molar-refractivity contribution in [2.75, 3.05) is 46.4 Å². The molecule has 0 aromatic heterocycles. The van der Waals surface area contributed by atoms with Gasteiger partial charge in [0.25, 0.3) is 5.91 Å². The van der Waals surface area contributed by atoms with E-state index in [0.717, 1.165) is 64.5 Å². The Bertz CT molecular complexity index is 569.